The van der Waals surface area contributed by atoms with E-state index in [2.05, 4.69) is 15.2 Å². The minimum absolute atomic E-state index is 0.00631. The highest BCUT2D eigenvalue weighted by Gasteiger charge is 2.05. The Hall–Kier alpha value is -2.67. The second kappa shape index (κ2) is 8.83. The number of carbonyl (C=O) groups is 1. The zero-order chi connectivity index (χ0) is 17.4. The minimum Gasteiger partial charge on any atom is -0.435 e. The molecule has 0 unspecified atom stereocenters. The monoisotopic (exact) mass is 354 g/mol. The second-order valence-corrected chi connectivity index (χ2v) is 4.95. The molecule has 126 valence electrons. The molecule has 2 aromatic carbocycles. The molecule has 2 rings (SSSR count). The lowest BCUT2D eigenvalue weighted by molar-refractivity contribution is -0.120. The highest BCUT2D eigenvalue weighted by atomic mass is 35.5. The van der Waals surface area contributed by atoms with E-state index in [4.69, 9.17) is 16.4 Å². The van der Waals surface area contributed by atoms with Crippen molar-refractivity contribution in [1.82, 2.24) is 0 Å². The van der Waals surface area contributed by atoms with Crippen LogP contribution in [0.25, 0.3) is 0 Å². The van der Waals surface area contributed by atoms with Crippen molar-refractivity contribution in [2.45, 2.75) is 6.61 Å². The predicted molar refractivity (Wildman–Crippen MR) is 86.7 cm³/mol. The third kappa shape index (κ3) is 6.21. The van der Waals surface area contributed by atoms with Gasteiger partial charge in [0.05, 0.1) is 6.21 Å². The Morgan fingerprint density at radius 3 is 2.46 bits per heavy atom. The number of nitrogens with one attached hydrogen (secondary N) is 1. The molecule has 0 fully saturated rings. The smallest absolute Gasteiger partial charge is 0.387 e. The number of amides is 1. The number of nitrogens with zero attached hydrogens (tertiary/aromatic N) is 1. The first-order valence-corrected chi connectivity index (χ1v) is 7.16. The molecule has 0 aromatic heterocycles. The standard InChI is InChI=1S/C16H13ClF2N2O3/c17-12-3-1-11(2-4-12)9-20-23-10-15(22)21-13-5-7-14(8-6-13)24-16(18)19/h1-9,16H,10H2,(H,21,22)/b20-9-. The van der Waals surface area contributed by atoms with Gasteiger partial charge in [-0.2, -0.15) is 8.78 Å². The van der Waals surface area contributed by atoms with Crippen molar-refractivity contribution in [3.63, 3.8) is 0 Å². The topological polar surface area (TPSA) is 59.9 Å². The Bertz CT molecular complexity index is 691. The maximum absolute atomic E-state index is 12.0. The normalized spacial score (nSPS) is 10.8. The Morgan fingerprint density at radius 2 is 1.83 bits per heavy atom. The zero-order valence-corrected chi connectivity index (χ0v) is 13.0. The number of hydrogen-bond donors (Lipinski definition) is 1. The molecule has 0 bridgehead atoms. The Kier molecular flexibility index (Phi) is 6.51. The van der Waals surface area contributed by atoms with Gasteiger partial charge in [0, 0.05) is 10.7 Å². The molecule has 24 heavy (non-hydrogen) atoms. The van der Waals surface area contributed by atoms with Crippen LogP contribution in [0.5, 0.6) is 5.75 Å². The lowest BCUT2D eigenvalue weighted by Gasteiger charge is -2.07. The average Bonchev–Trinajstić information content (AvgIpc) is 2.55. The number of alkyl halides is 2. The summed E-state index contributed by atoms with van der Waals surface area (Å²) in [6, 6.07) is 12.4. The molecule has 0 radical (unpaired) electrons. The van der Waals surface area contributed by atoms with Gasteiger partial charge in [-0.15, -0.1) is 0 Å². The third-order valence-corrected chi connectivity index (χ3v) is 2.96. The molecule has 1 N–H and O–H groups in total. The molecule has 0 aliphatic rings. The van der Waals surface area contributed by atoms with Crippen LogP contribution in [0.15, 0.2) is 53.7 Å². The van der Waals surface area contributed by atoms with Crippen molar-refractivity contribution in [2.75, 3.05) is 11.9 Å². The number of anilines is 1. The van der Waals surface area contributed by atoms with Gasteiger partial charge in [0.25, 0.3) is 5.91 Å². The molecule has 8 heteroatoms. The second-order valence-electron chi connectivity index (χ2n) is 4.51. The van der Waals surface area contributed by atoms with Crippen LogP contribution in [0.2, 0.25) is 5.02 Å². The first-order valence-electron chi connectivity index (χ1n) is 6.78. The Morgan fingerprint density at radius 1 is 1.17 bits per heavy atom. The maximum atomic E-state index is 12.0. The lowest BCUT2D eigenvalue weighted by Crippen LogP contribution is -2.16. The molecule has 0 atom stereocenters. The van der Waals surface area contributed by atoms with Gasteiger partial charge in [-0.1, -0.05) is 28.9 Å². The summed E-state index contributed by atoms with van der Waals surface area (Å²) in [6.45, 7) is -3.18. The van der Waals surface area contributed by atoms with Gasteiger partial charge in [-0.05, 0) is 42.0 Å². The van der Waals surface area contributed by atoms with Gasteiger partial charge in [-0.25, -0.2) is 0 Å². The summed E-state index contributed by atoms with van der Waals surface area (Å²) in [5.41, 5.74) is 1.20. The summed E-state index contributed by atoms with van der Waals surface area (Å²) in [7, 11) is 0. The molecular weight excluding hydrogens is 342 g/mol. The summed E-state index contributed by atoms with van der Waals surface area (Å²) < 4.78 is 28.2. The highest BCUT2D eigenvalue weighted by molar-refractivity contribution is 6.30. The Labute approximate surface area is 141 Å². The van der Waals surface area contributed by atoms with Crippen LogP contribution in [0.3, 0.4) is 0 Å². The number of benzene rings is 2. The lowest BCUT2D eigenvalue weighted by atomic mass is 10.2. The number of oxime groups is 1. The van der Waals surface area contributed by atoms with E-state index in [1.807, 2.05) is 0 Å². The van der Waals surface area contributed by atoms with Gasteiger partial charge < -0.3 is 14.9 Å². The molecular formula is C16H13ClF2N2O3. The summed E-state index contributed by atoms with van der Waals surface area (Å²) in [5.74, 6) is -0.433. The molecule has 2 aromatic rings. The van der Waals surface area contributed by atoms with Crippen molar-refractivity contribution in [1.29, 1.82) is 0 Å². The SMILES string of the molecule is O=C(CO/N=C\c1ccc(Cl)cc1)Nc1ccc(OC(F)F)cc1. The van der Waals surface area contributed by atoms with Crippen molar-refractivity contribution >= 4 is 29.4 Å². The van der Waals surface area contributed by atoms with E-state index >= 15 is 0 Å². The molecule has 0 aliphatic heterocycles. The molecule has 0 saturated carbocycles. The highest BCUT2D eigenvalue weighted by Crippen LogP contribution is 2.17. The molecule has 1 amide bonds. The van der Waals surface area contributed by atoms with Crippen LogP contribution in [0, 0.1) is 0 Å². The van der Waals surface area contributed by atoms with Gasteiger partial charge in [-0.3, -0.25) is 4.79 Å². The number of hydrogen-bond acceptors (Lipinski definition) is 4. The van der Waals surface area contributed by atoms with Crippen LogP contribution >= 0.6 is 11.6 Å². The van der Waals surface area contributed by atoms with Crippen LogP contribution in [0.1, 0.15) is 5.56 Å². The van der Waals surface area contributed by atoms with Crippen LogP contribution in [-0.4, -0.2) is 25.3 Å². The molecule has 0 heterocycles. The first kappa shape index (κ1) is 17.7. The fraction of sp³-hybridized carbons (Fsp3) is 0.125. The molecule has 0 spiro atoms. The van der Waals surface area contributed by atoms with Gasteiger partial charge in [0.2, 0.25) is 0 Å². The van der Waals surface area contributed by atoms with Crippen LogP contribution in [-0.2, 0) is 9.63 Å². The zero-order valence-electron chi connectivity index (χ0n) is 12.3. The van der Waals surface area contributed by atoms with Gasteiger partial charge in [0.15, 0.2) is 6.61 Å². The van der Waals surface area contributed by atoms with Crippen LogP contribution < -0.4 is 10.1 Å². The van der Waals surface area contributed by atoms with Crippen molar-refractivity contribution in [2.24, 2.45) is 5.16 Å². The largest absolute Gasteiger partial charge is 0.435 e. The van der Waals surface area contributed by atoms with E-state index in [0.29, 0.717) is 10.7 Å². The van der Waals surface area contributed by atoms with Gasteiger partial charge >= 0.3 is 6.61 Å². The number of carbonyl (C=O) groups excluding carboxylic acids is 1. The van der Waals surface area contributed by atoms with Crippen molar-refractivity contribution in [3.05, 3.63) is 59.1 Å². The molecule has 0 aliphatic carbocycles. The van der Waals surface area contributed by atoms with E-state index in [1.165, 1.54) is 30.5 Å². The quantitative estimate of drug-likeness (QED) is 0.605. The number of halogens is 3. The molecule has 0 saturated heterocycles. The first-order chi connectivity index (χ1) is 11.5. The predicted octanol–water partition coefficient (Wildman–Crippen LogP) is 3.93. The van der Waals surface area contributed by atoms with E-state index in [0.717, 1.165) is 5.56 Å². The number of ether oxygens (including phenoxy) is 1. The van der Waals surface area contributed by atoms with Crippen molar-refractivity contribution < 1.29 is 23.1 Å². The summed E-state index contributed by atoms with van der Waals surface area (Å²) in [4.78, 5) is 16.5. The fourth-order valence-electron chi connectivity index (χ4n) is 1.66. The Balaban J connectivity index is 1.75. The maximum Gasteiger partial charge on any atom is 0.387 e. The summed E-state index contributed by atoms with van der Waals surface area (Å²) in [5, 5.41) is 6.81. The van der Waals surface area contributed by atoms with Gasteiger partial charge in [0.1, 0.15) is 5.75 Å². The third-order valence-electron chi connectivity index (χ3n) is 2.71. The average molecular weight is 355 g/mol. The van der Waals surface area contributed by atoms with E-state index in [9.17, 15) is 13.6 Å². The number of rotatable bonds is 7. The molecule has 5 nitrogen and oxygen atoms in total. The minimum atomic E-state index is -2.89. The van der Waals surface area contributed by atoms with E-state index < -0.39 is 12.5 Å². The fourth-order valence-corrected chi connectivity index (χ4v) is 1.79. The van der Waals surface area contributed by atoms with Crippen LogP contribution in [0.4, 0.5) is 14.5 Å². The summed E-state index contributed by atoms with van der Waals surface area (Å²) in [6.07, 6.45) is 1.44. The van der Waals surface area contributed by atoms with Crippen molar-refractivity contribution in [3.8, 4) is 5.75 Å². The summed E-state index contributed by atoms with van der Waals surface area (Å²) >= 11 is 5.75. The van der Waals surface area contributed by atoms with E-state index in [1.54, 1.807) is 24.3 Å². The van der Waals surface area contributed by atoms with E-state index in [-0.39, 0.29) is 12.4 Å².